The second kappa shape index (κ2) is 5.75. The van der Waals surface area contributed by atoms with E-state index in [1.54, 1.807) is 18.2 Å². The summed E-state index contributed by atoms with van der Waals surface area (Å²) in [5.41, 5.74) is 6.27. The summed E-state index contributed by atoms with van der Waals surface area (Å²) in [5, 5.41) is 3.13. The molecule has 6 heteroatoms. The van der Waals surface area contributed by atoms with Crippen molar-refractivity contribution >= 4 is 51.5 Å². The molecule has 0 aromatic heterocycles. The molecule has 0 unspecified atom stereocenters. The van der Waals surface area contributed by atoms with E-state index < -0.39 is 5.82 Å². The van der Waals surface area contributed by atoms with E-state index in [0.717, 1.165) is 3.57 Å². The average Bonchev–Trinajstić information content (AvgIpc) is 2.37. The number of nitrogen functional groups attached to an aromatic ring is 1. The number of hydrogen-bond donors (Lipinski definition) is 2. The fourth-order valence-electron chi connectivity index (χ4n) is 1.46. The molecule has 2 aromatic rings. The molecular formula is C13H9ClFIN2O. The molecule has 0 heterocycles. The van der Waals surface area contributed by atoms with Crippen LogP contribution in [0.5, 0.6) is 0 Å². The van der Waals surface area contributed by atoms with Gasteiger partial charge in [-0.15, -0.1) is 0 Å². The number of anilines is 2. The maximum Gasteiger partial charge on any atom is 0.255 e. The van der Waals surface area contributed by atoms with Crippen LogP contribution in [0.2, 0.25) is 5.02 Å². The lowest BCUT2D eigenvalue weighted by atomic mass is 10.2. The minimum Gasteiger partial charge on any atom is -0.396 e. The van der Waals surface area contributed by atoms with E-state index in [-0.39, 0.29) is 11.6 Å². The van der Waals surface area contributed by atoms with Gasteiger partial charge in [-0.3, -0.25) is 4.79 Å². The Morgan fingerprint density at radius 1 is 1.26 bits per heavy atom. The lowest BCUT2D eigenvalue weighted by Crippen LogP contribution is -2.12. The third kappa shape index (κ3) is 3.36. The van der Waals surface area contributed by atoms with E-state index in [1.807, 2.05) is 0 Å². The SMILES string of the molecule is Nc1cc(NC(=O)c2ccc(I)c(Cl)c2)ccc1F. The molecule has 0 spiro atoms. The maximum absolute atomic E-state index is 13.0. The molecule has 2 aromatic carbocycles. The normalized spacial score (nSPS) is 10.3. The van der Waals surface area contributed by atoms with Crippen LogP contribution < -0.4 is 11.1 Å². The molecule has 2 rings (SSSR count). The summed E-state index contributed by atoms with van der Waals surface area (Å²) in [4.78, 5) is 12.0. The van der Waals surface area contributed by atoms with Gasteiger partial charge >= 0.3 is 0 Å². The molecule has 3 N–H and O–H groups in total. The van der Waals surface area contributed by atoms with Gasteiger partial charge in [0.15, 0.2) is 0 Å². The number of nitrogens with one attached hydrogen (secondary N) is 1. The van der Waals surface area contributed by atoms with E-state index in [4.69, 9.17) is 17.3 Å². The summed E-state index contributed by atoms with van der Waals surface area (Å²) in [6.07, 6.45) is 0. The summed E-state index contributed by atoms with van der Waals surface area (Å²) in [7, 11) is 0. The van der Waals surface area contributed by atoms with E-state index >= 15 is 0 Å². The molecule has 0 radical (unpaired) electrons. The largest absolute Gasteiger partial charge is 0.396 e. The number of amides is 1. The summed E-state index contributed by atoms with van der Waals surface area (Å²) in [6.45, 7) is 0. The van der Waals surface area contributed by atoms with Gasteiger partial charge in [0.2, 0.25) is 0 Å². The lowest BCUT2D eigenvalue weighted by Gasteiger charge is -2.07. The average molecular weight is 391 g/mol. The topological polar surface area (TPSA) is 55.1 Å². The molecule has 3 nitrogen and oxygen atoms in total. The summed E-state index contributed by atoms with van der Waals surface area (Å²) < 4.78 is 13.9. The van der Waals surface area contributed by atoms with Crippen LogP contribution in [0.4, 0.5) is 15.8 Å². The second-order valence-corrected chi connectivity index (χ2v) is 5.39. The molecule has 98 valence electrons. The van der Waals surface area contributed by atoms with Crippen molar-refractivity contribution in [2.45, 2.75) is 0 Å². The zero-order valence-electron chi connectivity index (χ0n) is 9.58. The molecule has 0 aliphatic rings. The van der Waals surface area contributed by atoms with Crippen LogP contribution >= 0.6 is 34.2 Å². The highest BCUT2D eigenvalue weighted by Gasteiger charge is 2.09. The molecule has 19 heavy (non-hydrogen) atoms. The predicted molar refractivity (Wildman–Crippen MR) is 82.9 cm³/mol. The number of carbonyl (C=O) groups is 1. The highest BCUT2D eigenvalue weighted by molar-refractivity contribution is 14.1. The Balaban J connectivity index is 2.20. The van der Waals surface area contributed by atoms with Crippen molar-refractivity contribution in [3.05, 3.63) is 56.4 Å². The Labute approximate surface area is 128 Å². The molecule has 0 aliphatic carbocycles. The third-order valence-electron chi connectivity index (χ3n) is 2.44. The van der Waals surface area contributed by atoms with Crippen LogP contribution in [0.15, 0.2) is 36.4 Å². The first-order valence-corrected chi connectivity index (χ1v) is 6.74. The van der Waals surface area contributed by atoms with E-state index in [2.05, 4.69) is 27.9 Å². The van der Waals surface area contributed by atoms with Crippen molar-refractivity contribution in [3.63, 3.8) is 0 Å². The van der Waals surface area contributed by atoms with Gasteiger partial charge in [0.1, 0.15) is 5.82 Å². The minimum absolute atomic E-state index is 0.0153. The fourth-order valence-corrected chi connectivity index (χ4v) is 1.98. The predicted octanol–water partition coefficient (Wildman–Crippen LogP) is 3.92. The van der Waals surface area contributed by atoms with Gasteiger partial charge in [0.05, 0.1) is 10.7 Å². The zero-order chi connectivity index (χ0) is 14.0. The van der Waals surface area contributed by atoms with Gasteiger partial charge in [-0.2, -0.15) is 0 Å². The van der Waals surface area contributed by atoms with Crippen molar-refractivity contribution in [3.8, 4) is 0 Å². The van der Waals surface area contributed by atoms with Crippen LogP contribution in [0.3, 0.4) is 0 Å². The zero-order valence-corrected chi connectivity index (χ0v) is 12.5. The number of hydrogen-bond acceptors (Lipinski definition) is 2. The van der Waals surface area contributed by atoms with E-state index in [1.165, 1.54) is 18.2 Å². The molecule has 0 atom stereocenters. The molecule has 0 fully saturated rings. The Bertz CT molecular complexity index is 649. The first-order chi connectivity index (χ1) is 8.97. The number of benzene rings is 2. The molecule has 1 amide bonds. The fraction of sp³-hybridized carbons (Fsp3) is 0. The van der Waals surface area contributed by atoms with Crippen molar-refractivity contribution < 1.29 is 9.18 Å². The van der Waals surface area contributed by atoms with Crippen LogP contribution in [0, 0.1) is 9.39 Å². The van der Waals surface area contributed by atoms with Gasteiger partial charge < -0.3 is 11.1 Å². The van der Waals surface area contributed by atoms with Gasteiger partial charge in [-0.05, 0) is 59.0 Å². The van der Waals surface area contributed by atoms with Crippen LogP contribution in [-0.2, 0) is 0 Å². The molecule has 0 bridgehead atoms. The summed E-state index contributed by atoms with van der Waals surface area (Å²) in [6, 6.07) is 8.99. The van der Waals surface area contributed by atoms with Gasteiger partial charge in [-0.25, -0.2) is 4.39 Å². The van der Waals surface area contributed by atoms with Gasteiger partial charge in [0, 0.05) is 14.8 Å². The summed E-state index contributed by atoms with van der Waals surface area (Å²) in [5.74, 6) is -0.848. The Hall–Kier alpha value is -1.34. The Kier molecular flexibility index (Phi) is 4.26. The molecule has 0 saturated carbocycles. The minimum atomic E-state index is -0.518. The highest BCUT2D eigenvalue weighted by Crippen LogP contribution is 2.21. The molecule has 0 aliphatic heterocycles. The number of halogens is 3. The first kappa shape index (κ1) is 14.1. The van der Waals surface area contributed by atoms with Crippen LogP contribution in [0.25, 0.3) is 0 Å². The lowest BCUT2D eigenvalue weighted by molar-refractivity contribution is 0.102. The quantitative estimate of drug-likeness (QED) is 0.603. The maximum atomic E-state index is 13.0. The van der Waals surface area contributed by atoms with Crippen molar-refractivity contribution in [1.82, 2.24) is 0 Å². The van der Waals surface area contributed by atoms with Gasteiger partial charge in [0.25, 0.3) is 5.91 Å². The van der Waals surface area contributed by atoms with Crippen molar-refractivity contribution in [1.29, 1.82) is 0 Å². The molecular weight excluding hydrogens is 382 g/mol. The smallest absolute Gasteiger partial charge is 0.255 e. The molecule has 0 saturated heterocycles. The third-order valence-corrected chi connectivity index (χ3v) is 4.01. The van der Waals surface area contributed by atoms with Crippen LogP contribution in [-0.4, -0.2) is 5.91 Å². The second-order valence-electron chi connectivity index (χ2n) is 3.82. The Morgan fingerprint density at radius 2 is 2.00 bits per heavy atom. The summed E-state index contributed by atoms with van der Waals surface area (Å²) >= 11 is 8.02. The van der Waals surface area contributed by atoms with E-state index in [9.17, 15) is 9.18 Å². The first-order valence-electron chi connectivity index (χ1n) is 5.29. The number of carbonyl (C=O) groups excluding carboxylic acids is 1. The van der Waals surface area contributed by atoms with Gasteiger partial charge in [-0.1, -0.05) is 11.6 Å². The van der Waals surface area contributed by atoms with Crippen molar-refractivity contribution in [2.24, 2.45) is 0 Å². The highest BCUT2D eigenvalue weighted by atomic mass is 127. The van der Waals surface area contributed by atoms with E-state index in [0.29, 0.717) is 16.3 Å². The number of rotatable bonds is 2. The monoisotopic (exact) mass is 390 g/mol. The standard InChI is InChI=1S/C13H9ClFIN2O/c14-9-5-7(1-4-11(9)16)13(19)18-8-2-3-10(15)12(17)6-8/h1-6H,17H2,(H,18,19). The number of nitrogens with two attached hydrogens (primary N) is 1. The Morgan fingerprint density at radius 3 is 2.63 bits per heavy atom. The van der Waals surface area contributed by atoms with Crippen molar-refractivity contribution in [2.75, 3.05) is 11.1 Å². The van der Waals surface area contributed by atoms with Crippen LogP contribution in [0.1, 0.15) is 10.4 Å².